The molecule has 2 heterocycles. The number of ether oxygens (including phenoxy) is 2. The molecule has 0 spiro atoms. The van der Waals surface area contributed by atoms with E-state index in [-0.39, 0.29) is 17.3 Å². The third-order valence-electron chi connectivity index (χ3n) is 5.74. The van der Waals surface area contributed by atoms with Gasteiger partial charge in [-0.15, -0.1) is 0 Å². The number of hydrogen-bond donors (Lipinski definition) is 0. The second kappa shape index (κ2) is 9.40. The van der Waals surface area contributed by atoms with Crippen LogP contribution in [0.2, 0.25) is 5.02 Å². The van der Waals surface area contributed by atoms with Crippen LogP contribution in [0.25, 0.3) is 11.3 Å². The molecule has 0 saturated carbocycles. The number of rotatable bonds is 6. The average molecular weight is 435 g/mol. The molecule has 1 aliphatic rings. The van der Waals surface area contributed by atoms with Gasteiger partial charge >= 0.3 is 5.97 Å². The second-order valence-electron chi connectivity index (χ2n) is 8.96. The molecule has 1 aromatic carbocycles. The summed E-state index contributed by atoms with van der Waals surface area (Å²) in [5, 5.41) is 4.86. The van der Waals surface area contributed by atoms with E-state index in [0.717, 1.165) is 30.0 Å². The smallest absolute Gasteiger partial charge is 0.309 e. The molecular weight excluding hydrogens is 404 g/mol. The molecule has 3 rings (SSSR count). The Bertz CT molecular complexity index is 874. The molecule has 164 valence electrons. The normalized spacial score (nSPS) is 20.2. The van der Waals surface area contributed by atoms with Gasteiger partial charge in [0.1, 0.15) is 11.4 Å². The first-order chi connectivity index (χ1) is 14.2. The predicted molar refractivity (Wildman–Crippen MR) is 116 cm³/mol. The minimum Gasteiger partial charge on any atom is -0.493 e. The van der Waals surface area contributed by atoms with Gasteiger partial charge in [0, 0.05) is 29.7 Å². The fourth-order valence-electron chi connectivity index (χ4n) is 4.00. The predicted octanol–water partition coefficient (Wildman–Crippen LogP) is 5.05. The molecule has 2 unspecified atom stereocenters. The van der Waals surface area contributed by atoms with Gasteiger partial charge in [0.2, 0.25) is 0 Å². The molecule has 1 saturated heterocycles. The first-order valence-corrected chi connectivity index (χ1v) is 10.8. The number of hydrogen-bond acceptors (Lipinski definition) is 6. The lowest BCUT2D eigenvalue weighted by Gasteiger charge is -2.42. The van der Waals surface area contributed by atoms with Crippen LogP contribution in [0, 0.1) is 17.3 Å². The van der Waals surface area contributed by atoms with Crippen LogP contribution in [0.1, 0.15) is 39.9 Å². The van der Waals surface area contributed by atoms with Crippen molar-refractivity contribution in [1.29, 1.82) is 0 Å². The van der Waals surface area contributed by atoms with Crippen molar-refractivity contribution in [3.8, 4) is 17.0 Å². The summed E-state index contributed by atoms with van der Waals surface area (Å²) >= 11 is 6.18. The van der Waals surface area contributed by atoms with E-state index in [1.807, 2.05) is 25.1 Å². The maximum absolute atomic E-state index is 12.2. The number of esters is 1. The minimum absolute atomic E-state index is 0.102. The Kier molecular flexibility index (Phi) is 7.09. The lowest BCUT2D eigenvalue weighted by atomic mass is 9.73. The van der Waals surface area contributed by atoms with E-state index in [1.54, 1.807) is 6.07 Å². The SMILES string of the molecule is CCOc1ccc(Cl)cc1-c1cc(CN2CC(C(=O)OC)CC(C(C)(C)C)C2)on1. The highest BCUT2D eigenvalue weighted by Gasteiger charge is 2.37. The first-order valence-electron chi connectivity index (χ1n) is 10.4. The number of carbonyl (C=O) groups excluding carboxylic acids is 1. The highest BCUT2D eigenvalue weighted by atomic mass is 35.5. The van der Waals surface area contributed by atoms with Crippen LogP contribution in [0.3, 0.4) is 0 Å². The van der Waals surface area contributed by atoms with Crippen LogP contribution in [0.4, 0.5) is 0 Å². The largest absolute Gasteiger partial charge is 0.493 e. The summed E-state index contributed by atoms with van der Waals surface area (Å²) < 4.78 is 16.4. The number of benzene rings is 1. The molecule has 0 radical (unpaired) electrons. The van der Waals surface area contributed by atoms with Gasteiger partial charge < -0.3 is 14.0 Å². The third-order valence-corrected chi connectivity index (χ3v) is 5.98. The molecule has 0 aliphatic carbocycles. The zero-order chi connectivity index (χ0) is 21.9. The van der Waals surface area contributed by atoms with Crippen LogP contribution in [-0.4, -0.2) is 42.8 Å². The van der Waals surface area contributed by atoms with E-state index in [4.69, 9.17) is 25.6 Å². The topological polar surface area (TPSA) is 64.8 Å². The Labute approximate surface area is 183 Å². The molecule has 30 heavy (non-hydrogen) atoms. The van der Waals surface area contributed by atoms with Gasteiger partial charge in [-0.25, -0.2) is 0 Å². The van der Waals surface area contributed by atoms with E-state index in [0.29, 0.717) is 36.3 Å². The summed E-state index contributed by atoms with van der Waals surface area (Å²) in [6.45, 7) is 11.3. The molecule has 0 amide bonds. The van der Waals surface area contributed by atoms with Gasteiger partial charge in [0.15, 0.2) is 5.76 Å². The van der Waals surface area contributed by atoms with Gasteiger partial charge in [-0.2, -0.15) is 0 Å². The van der Waals surface area contributed by atoms with Crippen molar-refractivity contribution in [2.24, 2.45) is 17.3 Å². The Morgan fingerprint density at radius 1 is 1.30 bits per heavy atom. The van der Waals surface area contributed by atoms with Gasteiger partial charge in [0.25, 0.3) is 0 Å². The van der Waals surface area contributed by atoms with Crippen LogP contribution in [0.5, 0.6) is 5.75 Å². The monoisotopic (exact) mass is 434 g/mol. The lowest BCUT2D eigenvalue weighted by molar-refractivity contribution is -0.149. The number of aromatic nitrogens is 1. The van der Waals surface area contributed by atoms with E-state index >= 15 is 0 Å². The van der Waals surface area contributed by atoms with E-state index in [2.05, 4.69) is 30.8 Å². The van der Waals surface area contributed by atoms with Crippen molar-refractivity contribution >= 4 is 17.6 Å². The molecular formula is C23H31ClN2O4. The zero-order valence-electron chi connectivity index (χ0n) is 18.4. The number of likely N-dealkylation sites (tertiary alicyclic amines) is 1. The molecule has 7 heteroatoms. The van der Waals surface area contributed by atoms with Gasteiger partial charge in [-0.3, -0.25) is 9.69 Å². The summed E-state index contributed by atoms with van der Waals surface area (Å²) in [7, 11) is 1.46. The van der Waals surface area contributed by atoms with Gasteiger partial charge in [-0.1, -0.05) is 37.5 Å². The van der Waals surface area contributed by atoms with Crippen molar-refractivity contribution in [2.45, 2.75) is 40.7 Å². The number of methoxy groups -OCH3 is 1. The maximum Gasteiger partial charge on any atom is 0.309 e. The Hall–Kier alpha value is -2.05. The van der Waals surface area contributed by atoms with Gasteiger partial charge in [-0.05, 0) is 42.9 Å². The molecule has 1 aliphatic heterocycles. The van der Waals surface area contributed by atoms with Crippen molar-refractivity contribution in [1.82, 2.24) is 10.1 Å². The highest BCUT2D eigenvalue weighted by Crippen LogP contribution is 2.37. The van der Waals surface area contributed by atoms with Crippen LogP contribution < -0.4 is 4.74 Å². The molecule has 1 fully saturated rings. The summed E-state index contributed by atoms with van der Waals surface area (Å²) in [4.78, 5) is 14.5. The zero-order valence-corrected chi connectivity index (χ0v) is 19.2. The first kappa shape index (κ1) is 22.6. The van der Waals surface area contributed by atoms with Crippen LogP contribution in [0.15, 0.2) is 28.8 Å². The summed E-state index contributed by atoms with van der Waals surface area (Å²) in [5.74, 6) is 1.57. The molecule has 1 aromatic heterocycles. The van der Waals surface area contributed by atoms with Crippen molar-refractivity contribution in [2.75, 3.05) is 26.8 Å². The van der Waals surface area contributed by atoms with Crippen molar-refractivity contribution < 1.29 is 18.8 Å². The molecule has 0 N–H and O–H groups in total. The van der Waals surface area contributed by atoms with E-state index < -0.39 is 0 Å². The fraction of sp³-hybridized carbons (Fsp3) is 0.565. The summed E-state index contributed by atoms with van der Waals surface area (Å²) in [5.41, 5.74) is 1.59. The number of carbonyl (C=O) groups is 1. The third kappa shape index (κ3) is 5.35. The van der Waals surface area contributed by atoms with Crippen molar-refractivity contribution in [3.05, 3.63) is 35.0 Å². The molecule has 2 aromatic rings. The Morgan fingerprint density at radius 2 is 2.07 bits per heavy atom. The molecule has 2 atom stereocenters. The quantitative estimate of drug-likeness (QED) is 0.592. The van der Waals surface area contributed by atoms with E-state index in [9.17, 15) is 4.79 Å². The fourth-order valence-corrected chi connectivity index (χ4v) is 4.17. The van der Waals surface area contributed by atoms with Crippen LogP contribution >= 0.6 is 11.6 Å². The van der Waals surface area contributed by atoms with Crippen LogP contribution in [-0.2, 0) is 16.1 Å². The average Bonchev–Trinajstić information content (AvgIpc) is 3.16. The lowest BCUT2D eigenvalue weighted by Crippen LogP contribution is -2.46. The maximum atomic E-state index is 12.2. The standard InChI is InChI=1S/C23H31ClN2O4/c1-6-29-21-8-7-17(24)10-19(21)20-11-18(30-25-20)14-26-12-15(22(27)28-5)9-16(13-26)23(2,3)4/h7-8,10-11,15-16H,6,9,12-14H2,1-5H3. The van der Waals surface area contributed by atoms with Gasteiger partial charge in [0.05, 0.1) is 26.2 Å². The minimum atomic E-state index is -0.146. The number of nitrogens with zero attached hydrogens (tertiary/aromatic N) is 2. The highest BCUT2D eigenvalue weighted by molar-refractivity contribution is 6.30. The molecule has 6 nitrogen and oxygen atoms in total. The van der Waals surface area contributed by atoms with E-state index in [1.165, 1.54) is 7.11 Å². The Morgan fingerprint density at radius 3 is 2.73 bits per heavy atom. The summed E-state index contributed by atoms with van der Waals surface area (Å²) in [6, 6.07) is 7.39. The molecule has 0 bridgehead atoms. The second-order valence-corrected chi connectivity index (χ2v) is 9.40. The summed E-state index contributed by atoms with van der Waals surface area (Å²) in [6.07, 6.45) is 0.842. The van der Waals surface area contributed by atoms with Crippen molar-refractivity contribution in [3.63, 3.8) is 0 Å². The Balaban J connectivity index is 1.79. The number of piperidine rings is 1. The number of halogens is 1.